The fourth-order valence-corrected chi connectivity index (χ4v) is 3.51. The van der Waals surface area contributed by atoms with Crippen molar-refractivity contribution in [1.29, 1.82) is 0 Å². The predicted molar refractivity (Wildman–Crippen MR) is 113 cm³/mol. The first-order valence-corrected chi connectivity index (χ1v) is 9.59. The molecule has 0 unspecified atom stereocenters. The van der Waals surface area contributed by atoms with E-state index >= 15 is 0 Å². The van der Waals surface area contributed by atoms with Crippen molar-refractivity contribution in [2.45, 2.75) is 12.1 Å². The maximum atomic E-state index is 12.5. The molecule has 1 aliphatic rings. The van der Waals surface area contributed by atoms with Gasteiger partial charge >= 0.3 is 11.8 Å². The number of methoxy groups -OCH3 is 1. The van der Waals surface area contributed by atoms with Crippen molar-refractivity contribution in [3.8, 4) is 5.75 Å². The minimum atomic E-state index is -0.865. The molecule has 0 radical (unpaired) electrons. The Kier molecular flexibility index (Phi) is 6.37. The van der Waals surface area contributed by atoms with E-state index in [4.69, 9.17) is 4.74 Å². The Bertz CT molecular complexity index is 942. The molecule has 158 valence electrons. The first-order chi connectivity index (χ1) is 14.3. The Hall–Kier alpha value is -3.39. The van der Waals surface area contributed by atoms with Gasteiger partial charge in [0.2, 0.25) is 0 Å². The molecular formula is C22H26N4O4. The zero-order valence-corrected chi connectivity index (χ0v) is 17.5. The van der Waals surface area contributed by atoms with E-state index < -0.39 is 17.9 Å². The molecule has 2 aromatic rings. The second kappa shape index (κ2) is 8.96. The normalized spacial score (nSPS) is 16.2. The van der Waals surface area contributed by atoms with Crippen LogP contribution >= 0.6 is 0 Å². The number of rotatable bonds is 6. The summed E-state index contributed by atoms with van der Waals surface area (Å²) in [6.07, 6.45) is 0. The summed E-state index contributed by atoms with van der Waals surface area (Å²) in [6.45, 7) is 0.237. The highest BCUT2D eigenvalue weighted by Crippen LogP contribution is 2.34. The number of nitrogens with one attached hydrogen (secondary N) is 2. The lowest BCUT2D eigenvalue weighted by atomic mass is 10.1. The molecule has 3 amide bonds. The van der Waals surface area contributed by atoms with Crippen molar-refractivity contribution in [2.24, 2.45) is 0 Å². The van der Waals surface area contributed by atoms with Crippen LogP contribution in [0.1, 0.15) is 23.2 Å². The summed E-state index contributed by atoms with van der Waals surface area (Å²) >= 11 is 0. The number of nitrogens with zero attached hydrogens (tertiary/aromatic N) is 2. The van der Waals surface area contributed by atoms with Crippen LogP contribution in [0.5, 0.6) is 5.75 Å². The molecule has 0 saturated carbocycles. The summed E-state index contributed by atoms with van der Waals surface area (Å²) in [5.41, 5.74) is 2.37. The van der Waals surface area contributed by atoms with Crippen molar-refractivity contribution in [3.05, 3.63) is 59.7 Å². The number of para-hydroxylation sites is 1. The molecule has 0 aliphatic carbocycles. The van der Waals surface area contributed by atoms with E-state index in [1.165, 1.54) is 4.90 Å². The smallest absolute Gasteiger partial charge is 0.310 e. The second-order valence-electron chi connectivity index (χ2n) is 7.33. The van der Waals surface area contributed by atoms with E-state index in [2.05, 4.69) is 10.6 Å². The van der Waals surface area contributed by atoms with E-state index in [0.29, 0.717) is 5.56 Å². The SMILES string of the molecule is COc1ccc([C@@H](CNC(=O)C(=O)N[C@@H]2C(=O)N(C)c3ccccc32)N(C)C)cc1. The number of hydrogen-bond donors (Lipinski definition) is 2. The Morgan fingerprint density at radius 3 is 2.40 bits per heavy atom. The van der Waals surface area contributed by atoms with Gasteiger partial charge < -0.3 is 25.2 Å². The molecule has 0 saturated heterocycles. The van der Waals surface area contributed by atoms with Gasteiger partial charge in [0.05, 0.1) is 13.2 Å². The van der Waals surface area contributed by atoms with Gasteiger partial charge in [-0.3, -0.25) is 14.4 Å². The van der Waals surface area contributed by atoms with Crippen LogP contribution in [0.25, 0.3) is 0 Å². The van der Waals surface area contributed by atoms with E-state index in [9.17, 15) is 14.4 Å². The molecule has 8 nitrogen and oxygen atoms in total. The van der Waals surface area contributed by atoms with Crippen molar-refractivity contribution in [1.82, 2.24) is 15.5 Å². The third kappa shape index (κ3) is 4.28. The maximum Gasteiger partial charge on any atom is 0.310 e. The average molecular weight is 410 g/mol. The molecule has 0 aromatic heterocycles. The van der Waals surface area contributed by atoms with Crippen LogP contribution in [-0.4, -0.2) is 57.4 Å². The minimum absolute atomic E-state index is 0.132. The molecule has 2 aromatic carbocycles. The van der Waals surface area contributed by atoms with Crippen LogP contribution < -0.4 is 20.3 Å². The van der Waals surface area contributed by atoms with E-state index in [1.807, 2.05) is 49.3 Å². The van der Waals surface area contributed by atoms with Gasteiger partial charge in [-0.15, -0.1) is 0 Å². The van der Waals surface area contributed by atoms with Gasteiger partial charge in [-0.05, 0) is 37.9 Å². The lowest BCUT2D eigenvalue weighted by molar-refractivity contribution is -0.140. The molecule has 0 fully saturated rings. The number of ether oxygens (including phenoxy) is 1. The summed E-state index contributed by atoms with van der Waals surface area (Å²) in [5.74, 6) is -1.16. The predicted octanol–water partition coefficient (Wildman–Crippen LogP) is 1.25. The second-order valence-corrected chi connectivity index (χ2v) is 7.33. The zero-order chi connectivity index (χ0) is 21.8. The molecule has 1 aliphatic heterocycles. The zero-order valence-electron chi connectivity index (χ0n) is 17.5. The summed E-state index contributed by atoms with van der Waals surface area (Å²) in [6, 6.07) is 13.7. The fourth-order valence-electron chi connectivity index (χ4n) is 3.51. The highest BCUT2D eigenvalue weighted by molar-refractivity contribution is 6.35. The number of likely N-dealkylation sites (N-methyl/N-ethyl adjacent to an activating group) is 2. The Morgan fingerprint density at radius 1 is 1.10 bits per heavy atom. The molecule has 2 N–H and O–H groups in total. The summed E-state index contributed by atoms with van der Waals surface area (Å²) in [4.78, 5) is 40.7. The molecule has 8 heteroatoms. The topological polar surface area (TPSA) is 91.0 Å². The largest absolute Gasteiger partial charge is 0.497 e. The van der Waals surface area contributed by atoms with Crippen LogP contribution in [0.2, 0.25) is 0 Å². The number of benzene rings is 2. The highest BCUT2D eigenvalue weighted by Gasteiger charge is 2.36. The van der Waals surface area contributed by atoms with Gasteiger partial charge in [0.25, 0.3) is 5.91 Å². The molecule has 30 heavy (non-hydrogen) atoms. The molecule has 0 bridgehead atoms. The van der Waals surface area contributed by atoms with Crippen LogP contribution in [0, 0.1) is 0 Å². The fraction of sp³-hybridized carbons (Fsp3) is 0.318. The number of hydrogen-bond acceptors (Lipinski definition) is 5. The van der Waals surface area contributed by atoms with Crippen LogP contribution in [-0.2, 0) is 14.4 Å². The quantitative estimate of drug-likeness (QED) is 0.700. The molecule has 2 atom stereocenters. The standard InChI is InChI=1S/C22H26N4O4/c1-25(2)18(14-9-11-15(30-4)12-10-14)13-23-20(27)21(28)24-19-16-7-5-6-8-17(16)26(3)22(19)29/h5-12,18-19H,13H2,1-4H3,(H,23,27)(H,24,28)/t18-,19+/m1/s1. The summed E-state index contributed by atoms with van der Waals surface area (Å²) < 4.78 is 5.18. The lowest BCUT2D eigenvalue weighted by Crippen LogP contribution is -2.45. The first kappa shape index (κ1) is 21.3. The number of amides is 3. The third-order valence-corrected chi connectivity index (χ3v) is 5.25. The number of carbonyl (C=O) groups is 3. The van der Waals surface area contributed by atoms with E-state index in [0.717, 1.165) is 17.0 Å². The summed E-state index contributed by atoms with van der Waals surface area (Å²) in [5, 5.41) is 5.22. The van der Waals surface area contributed by atoms with Gasteiger partial charge in [-0.25, -0.2) is 0 Å². The average Bonchev–Trinajstić information content (AvgIpc) is 2.99. The molecule has 1 heterocycles. The van der Waals surface area contributed by atoms with Crippen LogP contribution in [0.3, 0.4) is 0 Å². The molecule has 3 rings (SSSR count). The lowest BCUT2D eigenvalue weighted by Gasteiger charge is -2.25. The maximum absolute atomic E-state index is 12.5. The number of anilines is 1. The van der Waals surface area contributed by atoms with Gasteiger partial charge in [-0.2, -0.15) is 0 Å². The van der Waals surface area contributed by atoms with Gasteiger partial charge in [0.1, 0.15) is 11.8 Å². The van der Waals surface area contributed by atoms with Gasteiger partial charge in [0.15, 0.2) is 0 Å². The molecule has 0 spiro atoms. The Balaban J connectivity index is 1.63. The van der Waals surface area contributed by atoms with E-state index in [1.54, 1.807) is 32.4 Å². The third-order valence-electron chi connectivity index (χ3n) is 5.25. The van der Waals surface area contributed by atoms with Crippen molar-refractivity contribution in [3.63, 3.8) is 0 Å². The highest BCUT2D eigenvalue weighted by atomic mass is 16.5. The monoisotopic (exact) mass is 410 g/mol. The number of carbonyl (C=O) groups excluding carboxylic acids is 3. The van der Waals surface area contributed by atoms with Gasteiger partial charge in [-0.1, -0.05) is 30.3 Å². The molecular weight excluding hydrogens is 384 g/mol. The number of fused-ring (bicyclic) bond motifs is 1. The van der Waals surface area contributed by atoms with Crippen molar-refractivity contribution in [2.75, 3.05) is 39.7 Å². The van der Waals surface area contributed by atoms with Crippen molar-refractivity contribution >= 4 is 23.4 Å². The summed E-state index contributed by atoms with van der Waals surface area (Å²) in [7, 11) is 7.03. The van der Waals surface area contributed by atoms with Gasteiger partial charge in [0, 0.05) is 24.8 Å². The Labute approximate surface area is 175 Å². The minimum Gasteiger partial charge on any atom is -0.497 e. The van der Waals surface area contributed by atoms with Crippen LogP contribution in [0.4, 0.5) is 5.69 Å². The van der Waals surface area contributed by atoms with Crippen LogP contribution in [0.15, 0.2) is 48.5 Å². The Morgan fingerprint density at radius 2 is 1.77 bits per heavy atom. The first-order valence-electron chi connectivity index (χ1n) is 9.59. The van der Waals surface area contributed by atoms with Crippen molar-refractivity contribution < 1.29 is 19.1 Å². The van der Waals surface area contributed by atoms with E-state index in [-0.39, 0.29) is 18.5 Å².